The van der Waals surface area contributed by atoms with Crippen LogP contribution in [0.5, 0.6) is 17.2 Å². The van der Waals surface area contributed by atoms with E-state index in [1.807, 2.05) is 42.5 Å². The van der Waals surface area contributed by atoms with Gasteiger partial charge in [-0.25, -0.2) is 0 Å². The fourth-order valence-electron chi connectivity index (χ4n) is 3.17. The molecule has 0 aliphatic carbocycles. The first-order valence-corrected chi connectivity index (χ1v) is 10.1. The monoisotopic (exact) mass is 447 g/mol. The Labute approximate surface area is 184 Å². The highest BCUT2D eigenvalue weighted by atomic mass is 19.4. The van der Waals surface area contributed by atoms with Gasteiger partial charge < -0.3 is 19.5 Å². The molecule has 3 rings (SSSR count). The SMILES string of the molecule is COc1cc(CCC(=O)NCCOc2cccc3ccccc23)ccc1OCC(F)(F)F. The number of methoxy groups -OCH3 is 1. The number of carbonyl (C=O) groups excluding carboxylic acids is 1. The number of alkyl halides is 3. The van der Waals surface area contributed by atoms with Crippen molar-refractivity contribution >= 4 is 16.7 Å². The molecule has 0 radical (unpaired) electrons. The summed E-state index contributed by atoms with van der Waals surface area (Å²) in [5.74, 6) is 0.805. The Kier molecular flexibility index (Phi) is 7.81. The molecule has 0 aliphatic rings. The Bertz CT molecular complexity index is 1050. The van der Waals surface area contributed by atoms with Crippen molar-refractivity contribution in [2.75, 3.05) is 26.9 Å². The maximum Gasteiger partial charge on any atom is 0.422 e. The zero-order chi connectivity index (χ0) is 23.0. The third-order valence-electron chi connectivity index (χ3n) is 4.69. The lowest BCUT2D eigenvalue weighted by Gasteiger charge is -2.13. The molecule has 0 unspecified atom stereocenters. The number of benzene rings is 3. The van der Waals surface area contributed by atoms with Gasteiger partial charge in [0.25, 0.3) is 0 Å². The van der Waals surface area contributed by atoms with Crippen LogP contribution in [0.2, 0.25) is 0 Å². The Balaban J connectivity index is 1.43. The zero-order valence-corrected chi connectivity index (χ0v) is 17.6. The lowest BCUT2D eigenvalue weighted by molar-refractivity contribution is -0.153. The van der Waals surface area contributed by atoms with Gasteiger partial charge in [-0.15, -0.1) is 0 Å². The molecular weight excluding hydrogens is 423 g/mol. The first-order valence-electron chi connectivity index (χ1n) is 10.1. The van der Waals surface area contributed by atoms with E-state index in [0.717, 1.165) is 22.1 Å². The van der Waals surface area contributed by atoms with E-state index < -0.39 is 12.8 Å². The van der Waals surface area contributed by atoms with Crippen LogP contribution >= 0.6 is 0 Å². The molecule has 3 aromatic rings. The zero-order valence-electron chi connectivity index (χ0n) is 17.6. The summed E-state index contributed by atoms with van der Waals surface area (Å²) in [7, 11) is 1.35. The molecule has 0 atom stereocenters. The third kappa shape index (κ3) is 6.80. The standard InChI is InChI=1S/C24H24F3NO4/c1-30-22-15-17(9-11-21(22)32-16-24(25,26)27)10-12-23(29)28-13-14-31-20-8-4-6-18-5-2-3-7-19(18)20/h2-9,11,15H,10,12-14,16H2,1H3,(H,28,29). The molecule has 1 N–H and O–H groups in total. The number of ether oxygens (including phenoxy) is 3. The maximum atomic E-state index is 12.3. The summed E-state index contributed by atoms with van der Waals surface area (Å²) in [5.41, 5.74) is 0.753. The number of rotatable bonds is 10. The number of halogens is 3. The Morgan fingerprint density at radius 3 is 2.50 bits per heavy atom. The molecule has 8 heteroatoms. The van der Waals surface area contributed by atoms with Crippen LogP contribution in [-0.2, 0) is 11.2 Å². The van der Waals surface area contributed by atoms with Gasteiger partial charge in [0.2, 0.25) is 5.91 Å². The van der Waals surface area contributed by atoms with Crippen LogP contribution in [0.25, 0.3) is 10.8 Å². The molecule has 3 aromatic carbocycles. The number of hydrogen-bond donors (Lipinski definition) is 1. The lowest BCUT2D eigenvalue weighted by atomic mass is 10.1. The first kappa shape index (κ1) is 23.2. The molecule has 1 amide bonds. The average molecular weight is 447 g/mol. The van der Waals surface area contributed by atoms with E-state index >= 15 is 0 Å². The molecule has 0 bridgehead atoms. The van der Waals surface area contributed by atoms with E-state index in [1.165, 1.54) is 13.2 Å². The highest BCUT2D eigenvalue weighted by Crippen LogP contribution is 2.30. The third-order valence-corrected chi connectivity index (χ3v) is 4.69. The Hall–Kier alpha value is -3.42. The molecule has 0 fully saturated rings. The van der Waals surface area contributed by atoms with Crippen molar-refractivity contribution in [2.45, 2.75) is 19.0 Å². The molecule has 170 valence electrons. The second kappa shape index (κ2) is 10.7. The van der Waals surface area contributed by atoms with E-state index in [0.29, 0.717) is 19.6 Å². The molecule has 32 heavy (non-hydrogen) atoms. The summed E-state index contributed by atoms with van der Waals surface area (Å²) < 4.78 is 52.7. The molecule has 0 heterocycles. The highest BCUT2D eigenvalue weighted by Gasteiger charge is 2.29. The minimum absolute atomic E-state index is 0.00334. The summed E-state index contributed by atoms with van der Waals surface area (Å²) in [6, 6.07) is 18.3. The van der Waals surface area contributed by atoms with E-state index in [2.05, 4.69) is 5.32 Å². The van der Waals surface area contributed by atoms with Crippen LogP contribution in [0.3, 0.4) is 0 Å². The quantitative estimate of drug-likeness (QED) is 0.449. The van der Waals surface area contributed by atoms with Crippen molar-refractivity contribution in [2.24, 2.45) is 0 Å². The van der Waals surface area contributed by atoms with Crippen LogP contribution in [0.15, 0.2) is 60.7 Å². The number of amides is 1. The fourth-order valence-corrected chi connectivity index (χ4v) is 3.17. The molecular formula is C24H24F3NO4. The normalized spacial score (nSPS) is 11.2. The van der Waals surface area contributed by atoms with E-state index in [-0.39, 0.29) is 23.8 Å². The van der Waals surface area contributed by atoms with Crippen molar-refractivity contribution in [3.63, 3.8) is 0 Å². The van der Waals surface area contributed by atoms with Gasteiger partial charge in [-0.3, -0.25) is 4.79 Å². The highest BCUT2D eigenvalue weighted by molar-refractivity contribution is 5.88. The first-order chi connectivity index (χ1) is 15.4. The minimum atomic E-state index is -4.43. The van der Waals surface area contributed by atoms with Crippen LogP contribution in [-0.4, -0.2) is 39.0 Å². The van der Waals surface area contributed by atoms with E-state index in [9.17, 15) is 18.0 Å². The predicted octanol–water partition coefficient (Wildman–Crippen LogP) is 4.92. The molecule has 5 nitrogen and oxygen atoms in total. The van der Waals surface area contributed by atoms with Crippen LogP contribution in [0.1, 0.15) is 12.0 Å². The Morgan fingerprint density at radius 2 is 1.72 bits per heavy atom. The van der Waals surface area contributed by atoms with Gasteiger partial charge in [0.1, 0.15) is 12.4 Å². The summed E-state index contributed by atoms with van der Waals surface area (Å²) in [5, 5.41) is 4.90. The molecule has 0 spiro atoms. The van der Waals surface area contributed by atoms with E-state index in [4.69, 9.17) is 14.2 Å². The van der Waals surface area contributed by atoms with Gasteiger partial charge in [-0.1, -0.05) is 42.5 Å². The van der Waals surface area contributed by atoms with Gasteiger partial charge in [-0.05, 0) is 35.6 Å². The van der Waals surface area contributed by atoms with Gasteiger partial charge >= 0.3 is 6.18 Å². The van der Waals surface area contributed by atoms with Gasteiger partial charge in [0.15, 0.2) is 18.1 Å². The van der Waals surface area contributed by atoms with Gasteiger partial charge in [0, 0.05) is 11.8 Å². The largest absolute Gasteiger partial charge is 0.493 e. The lowest BCUT2D eigenvalue weighted by Crippen LogP contribution is -2.28. The molecule has 0 aromatic heterocycles. The predicted molar refractivity (Wildman–Crippen MR) is 115 cm³/mol. The summed E-state index contributed by atoms with van der Waals surface area (Å²) in [4.78, 5) is 12.1. The second-order valence-corrected chi connectivity index (χ2v) is 7.06. The number of carbonyl (C=O) groups is 1. The van der Waals surface area contributed by atoms with E-state index in [1.54, 1.807) is 12.1 Å². The van der Waals surface area contributed by atoms with Crippen molar-refractivity contribution in [1.29, 1.82) is 0 Å². The second-order valence-electron chi connectivity index (χ2n) is 7.06. The van der Waals surface area contributed by atoms with Gasteiger partial charge in [0.05, 0.1) is 13.7 Å². The maximum absolute atomic E-state index is 12.3. The van der Waals surface area contributed by atoms with Crippen molar-refractivity contribution in [1.82, 2.24) is 5.32 Å². The van der Waals surface area contributed by atoms with Crippen LogP contribution < -0.4 is 19.5 Å². The summed E-state index contributed by atoms with van der Waals surface area (Å²) >= 11 is 0. The topological polar surface area (TPSA) is 56.8 Å². The summed E-state index contributed by atoms with van der Waals surface area (Å²) in [6.07, 6.45) is -3.80. The van der Waals surface area contributed by atoms with Crippen molar-refractivity contribution < 1.29 is 32.2 Å². The fraction of sp³-hybridized carbons (Fsp3) is 0.292. The Morgan fingerprint density at radius 1 is 0.938 bits per heavy atom. The average Bonchev–Trinajstić information content (AvgIpc) is 2.78. The van der Waals surface area contributed by atoms with Crippen molar-refractivity contribution in [3.05, 3.63) is 66.2 Å². The molecule has 0 aliphatic heterocycles. The molecule has 0 saturated carbocycles. The number of hydrogen-bond acceptors (Lipinski definition) is 4. The smallest absolute Gasteiger partial charge is 0.422 e. The van der Waals surface area contributed by atoms with Crippen LogP contribution in [0, 0.1) is 0 Å². The van der Waals surface area contributed by atoms with Crippen molar-refractivity contribution in [3.8, 4) is 17.2 Å². The minimum Gasteiger partial charge on any atom is -0.493 e. The number of aryl methyl sites for hydroxylation is 1. The number of fused-ring (bicyclic) bond motifs is 1. The van der Waals surface area contributed by atoms with Crippen LogP contribution in [0.4, 0.5) is 13.2 Å². The summed E-state index contributed by atoms with van der Waals surface area (Å²) in [6.45, 7) is -0.708. The number of nitrogens with one attached hydrogen (secondary N) is 1. The van der Waals surface area contributed by atoms with Gasteiger partial charge in [-0.2, -0.15) is 13.2 Å². The molecule has 0 saturated heterocycles.